The van der Waals surface area contributed by atoms with Gasteiger partial charge >= 0.3 is 0 Å². The summed E-state index contributed by atoms with van der Waals surface area (Å²) < 4.78 is 5.86. The van der Waals surface area contributed by atoms with Gasteiger partial charge in [0.2, 0.25) is 0 Å². The Hall–Kier alpha value is -1.06. The molecule has 0 spiro atoms. The zero-order valence-electron chi connectivity index (χ0n) is 10.5. The van der Waals surface area contributed by atoms with Gasteiger partial charge in [-0.1, -0.05) is 39.3 Å². The van der Waals surface area contributed by atoms with Gasteiger partial charge in [-0.3, -0.25) is 4.79 Å². The van der Waals surface area contributed by atoms with Gasteiger partial charge in [0.25, 0.3) is 0 Å². The SMILES string of the molecule is CC.CC.O=Cc1ccoc1-c1ccc(Cl)s1. The number of aldehydes is 1. The van der Waals surface area contributed by atoms with Crippen molar-refractivity contribution in [2.45, 2.75) is 27.7 Å². The molecular weight excluding hydrogens is 256 g/mol. The Morgan fingerprint density at radius 2 is 1.82 bits per heavy atom. The highest BCUT2D eigenvalue weighted by Gasteiger charge is 2.09. The molecule has 2 rings (SSSR count). The summed E-state index contributed by atoms with van der Waals surface area (Å²) in [7, 11) is 0. The Balaban J connectivity index is 0.000000581. The molecule has 0 bridgehead atoms. The van der Waals surface area contributed by atoms with Crippen LogP contribution < -0.4 is 0 Å². The zero-order valence-corrected chi connectivity index (χ0v) is 12.1. The minimum atomic E-state index is 0.554. The summed E-state index contributed by atoms with van der Waals surface area (Å²) in [5.74, 6) is 0.590. The molecule has 0 aliphatic carbocycles. The maximum absolute atomic E-state index is 10.6. The van der Waals surface area contributed by atoms with E-state index in [2.05, 4.69) is 0 Å². The first-order valence-corrected chi connectivity index (χ1v) is 6.79. The van der Waals surface area contributed by atoms with Crippen LogP contribution in [0.3, 0.4) is 0 Å². The number of hydrogen-bond acceptors (Lipinski definition) is 3. The predicted octanol–water partition coefficient (Wildman–Crippen LogP) is 5.53. The normalized spacial score (nSPS) is 8.53. The third-order valence-electron chi connectivity index (χ3n) is 1.62. The second kappa shape index (κ2) is 9.02. The van der Waals surface area contributed by atoms with Crippen LogP contribution in [0.4, 0.5) is 0 Å². The number of thiophene rings is 1. The molecule has 94 valence electrons. The van der Waals surface area contributed by atoms with Crippen molar-refractivity contribution in [3.63, 3.8) is 0 Å². The molecule has 2 aromatic rings. The molecule has 2 aromatic heterocycles. The van der Waals surface area contributed by atoms with E-state index in [4.69, 9.17) is 16.0 Å². The molecule has 0 fully saturated rings. The molecule has 2 nitrogen and oxygen atoms in total. The van der Waals surface area contributed by atoms with Gasteiger partial charge in [0.05, 0.1) is 21.0 Å². The standard InChI is InChI=1S/C9H5ClO2S.2C2H6/c10-8-2-1-7(13-8)9-6(5-11)3-4-12-9;2*1-2/h1-5H;2*1-2H3. The van der Waals surface area contributed by atoms with Gasteiger partial charge in [-0.25, -0.2) is 0 Å². The first-order valence-electron chi connectivity index (χ1n) is 5.59. The molecule has 0 aromatic carbocycles. The fourth-order valence-electron chi connectivity index (χ4n) is 1.05. The number of carbonyl (C=O) groups excluding carboxylic acids is 1. The minimum Gasteiger partial charge on any atom is -0.463 e. The van der Waals surface area contributed by atoms with Gasteiger partial charge in [-0.2, -0.15) is 0 Å². The van der Waals surface area contributed by atoms with Crippen LogP contribution in [0.5, 0.6) is 0 Å². The van der Waals surface area contributed by atoms with E-state index in [0.29, 0.717) is 15.7 Å². The van der Waals surface area contributed by atoms with E-state index < -0.39 is 0 Å². The average molecular weight is 273 g/mol. The first-order chi connectivity index (χ1) is 8.31. The van der Waals surface area contributed by atoms with Gasteiger partial charge in [0.1, 0.15) is 0 Å². The lowest BCUT2D eigenvalue weighted by atomic mass is 10.2. The number of hydrogen-bond donors (Lipinski definition) is 0. The summed E-state index contributed by atoms with van der Waals surface area (Å²) in [5.41, 5.74) is 0.554. The number of halogens is 1. The van der Waals surface area contributed by atoms with Crippen molar-refractivity contribution < 1.29 is 9.21 Å². The fraction of sp³-hybridized carbons (Fsp3) is 0.308. The van der Waals surface area contributed by atoms with E-state index in [9.17, 15) is 4.79 Å². The molecule has 0 amide bonds. The highest BCUT2D eigenvalue weighted by atomic mass is 35.5. The fourth-order valence-corrected chi connectivity index (χ4v) is 2.10. The highest BCUT2D eigenvalue weighted by molar-refractivity contribution is 7.19. The Morgan fingerprint density at radius 1 is 1.18 bits per heavy atom. The summed E-state index contributed by atoms with van der Waals surface area (Å²) >= 11 is 7.15. The van der Waals surface area contributed by atoms with Crippen molar-refractivity contribution >= 4 is 29.2 Å². The predicted molar refractivity (Wildman–Crippen MR) is 75.1 cm³/mol. The molecule has 0 saturated carbocycles. The molecule has 4 heteroatoms. The quantitative estimate of drug-likeness (QED) is 0.673. The average Bonchev–Trinajstić information content (AvgIpc) is 3.02. The molecular formula is C13H17ClO2S. The third kappa shape index (κ3) is 4.36. The van der Waals surface area contributed by atoms with Crippen molar-refractivity contribution in [1.29, 1.82) is 0 Å². The Kier molecular flexibility index (Phi) is 8.46. The monoisotopic (exact) mass is 272 g/mol. The van der Waals surface area contributed by atoms with Crippen molar-refractivity contribution in [2.75, 3.05) is 0 Å². The maximum atomic E-state index is 10.6. The molecule has 17 heavy (non-hydrogen) atoms. The summed E-state index contributed by atoms with van der Waals surface area (Å²) in [6.07, 6.45) is 2.26. The van der Waals surface area contributed by atoms with Crippen molar-refractivity contribution in [3.8, 4) is 10.6 Å². The molecule has 0 radical (unpaired) electrons. The second-order valence-electron chi connectivity index (χ2n) is 2.43. The van der Waals surface area contributed by atoms with E-state index in [1.54, 1.807) is 12.1 Å². The van der Waals surface area contributed by atoms with Gasteiger partial charge in [-0.15, -0.1) is 11.3 Å². The van der Waals surface area contributed by atoms with Crippen LogP contribution in [0.1, 0.15) is 38.1 Å². The van der Waals surface area contributed by atoms with Crippen molar-refractivity contribution in [2.24, 2.45) is 0 Å². The van der Waals surface area contributed by atoms with Gasteiger partial charge in [-0.05, 0) is 18.2 Å². The molecule has 0 aliphatic rings. The van der Waals surface area contributed by atoms with Gasteiger partial charge < -0.3 is 4.42 Å². The summed E-state index contributed by atoms with van der Waals surface area (Å²) in [4.78, 5) is 11.5. The molecule has 0 saturated heterocycles. The number of rotatable bonds is 2. The lowest BCUT2D eigenvalue weighted by Crippen LogP contribution is -1.76. The lowest BCUT2D eigenvalue weighted by molar-refractivity contribution is 0.112. The highest BCUT2D eigenvalue weighted by Crippen LogP contribution is 2.32. The van der Waals surface area contributed by atoms with Crippen molar-refractivity contribution in [1.82, 2.24) is 0 Å². The Bertz CT molecular complexity index is 432. The number of furan rings is 1. The summed E-state index contributed by atoms with van der Waals surface area (Å²) in [6, 6.07) is 5.24. The maximum Gasteiger partial charge on any atom is 0.154 e. The molecule has 0 aliphatic heterocycles. The Morgan fingerprint density at radius 3 is 2.29 bits per heavy atom. The van der Waals surface area contributed by atoms with Crippen LogP contribution in [-0.4, -0.2) is 6.29 Å². The topological polar surface area (TPSA) is 30.2 Å². The van der Waals surface area contributed by atoms with Crippen molar-refractivity contribution in [3.05, 3.63) is 34.4 Å². The van der Waals surface area contributed by atoms with Crippen LogP contribution in [-0.2, 0) is 0 Å². The molecule has 0 atom stereocenters. The Labute approximate surface area is 111 Å². The van der Waals surface area contributed by atoms with E-state index in [-0.39, 0.29) is 0 Å². The van der Waals surface area contributed by atoms with Crippen LogP contribution in [0.25, 0.3) is 10.6 Å². The molecule has 2 heterocycles. The van der Waals surface area contributed by atoms with E-state index in [1.807, 2.05) is 33.8 Å². The summed E-state index contributed by atoms with van der Waals surface area (Å²) in [6.45, 7) is 8.00. The largest absolute Gasteiger partial charge is 0.463 e. The van der Waals surface area contributed by atoms with E-state index >= 15 is 0 Å². The van der Waals surface area contributed by atoms with Gasteiger partial charge in [0.15, 0.2) is 12.0 Å². The summed E-state index contributed by atoms with van der Waals surface area (Å²) in [5, 5.41) is 0. The third-order valence-corrected chi connectivity index (χ3v) is 2.85. The van der Waals surface area contributed by atoms with Crippen LogP contribution in [0.2, 0.25) is 4.34 Å². The lowest BCUT2D eigenvalue weighted by Gasteiger charge is -1.90. The van der Waals surface area contributed by atoms with E-state index in [1.165, 1.54) is 17.6 Å². The zero-order chi connectivity index (χ0) is 13.3. The van der Waals surface area contributed by atoms with Gasteiger partial charge in [0, 0.05) is 0 Å². The second-order valence-corrected chi connectivity index (χ2v) is 4.14. The smallest absolute Gasteiger partial charge is 0.154 e. The van der Waals surface area contributed by atoms with Crippen LogP contribution >= 0.6 is 22.9 Å². The van der Waals surface area contributed by atoms with Crippen LogP contribution in [0, 0.1) is 0 Å². The minimum absolute atomic E-state index is 0.554. The van der Waals surface area contributed by atoms with Crippen LogP contribution in [0.15, 0.2) is 28.9 Å². The van der Waals surface area contributed by atoms with E-state index in [0.717, 1.165) is 11.2 Å². The first kappa shape index (κ1) is 15.9. The number of carbonyl (C=O) groups is 1. The molecule has 0 N–H and O–H groups in total. The molecule has 0 unspecified atom stereocenters.